The van der Waals surface area contributed by atoms with Crippen LogP contribution < -0.4 is 15.5 Å². The molecule has 10 nitrogen and oxygen atoms in total. The molecule has 33 heavy (non-hydrogen) atoms. The Morgan fingerprint density at radius 2 is 2.09 bits per heavy atom. The van der Waals surface area contributed by atoms with Crippen molar-refractivity contribution < 1.29 is 23.9 Å². The summed E-state index contributed by atoms with van der Waals surface area (Å²) in [4.78, 5) is 58.1. The van der Waals surface area contributed by atoms with Crippen molar-refractivity contribution in [1.82, 2.24) is 15.2 Å². The molecule has 2 atom stereocenters. The zero-order chi connectivity index (χ0) is 23.5. The summed E-state index contributed by atoms with van der Waals surface area (Å²) in [5.74, 6) is -2.38. The number of methoxy groups -OCH3 is 1. The quantitative estimate of drug-likeness (QED) is 0.641. The molecule has 0 radical (unpaired) electrons. The van der Waals surface area contributed by atoms with Gasteiger partial charge in [0.05, 0.1) is 19.2 Å². The third kappa shape index (κ3) is 4.53. The number of rotatable bonds is 5. The van der Waals surface area contributed by atoms with E-state index in [1.54, 1.807) is 24.3 Å². The van der Waals surface area contributed by atoms with Gasteiger partial charge in [-0.3, -0.25) is 19.8 Å². The van der Waals surface area contributed by atoms with Gasteiger partial charge in [0.1, 0.15) is 12.1 Å². The first kappa shape index (κ1) is 22.7. The largest absolute Gasteiger partial charge is 0.465 e. The second-order valence-electron chi connectivity index (χ2n) is 7.66. The molecule has 2 aromatic rings. The Morgan fingerprint density at radius 3 is 2.85 bits per heavy atom. The summed E-state index contributed by atoms with van der Waals surface area (Å²) in [5, 5.41) is 6.34. The van der Waals surface area contributed by atoms with Gasteiger partial charge in [0.15, 0.2) is 5.82 Å². The number of amides is 4. The lowest BCUT2D eigenvalue weighted by atomic mass is 9.91. The third-order valence-corrected chi connectivity index (χ3v) is 5.80. The van der Waals surface area contributed by atoms with Gasteiger partial charge in [-0.25, -0.2) is 19.5 Å². The lowest BCUT2D eigenvalue weighted by molar-refractivity contribution is -0.129. The van der Waals surface area contributed by atoms with Crippen molar-refractivity contribution in [2.24, 2.45) is 5.92 Å². The standard InChI is InChI=1S/C22H22ClN5O5/c1-33-21(31)16-8-4-10-25-19(16)28-20(30)15-7-3-9-24-18(15)27(22(28)32)12-17(29)26-14-6-2-5-13(23)11-14/h2,4-6,8,10-11,15,18,24H,3,7,9,12H2,1H3,(H,26,29). The molecule has 2 aliphatic heterocycles. The van der Waals surface area contributed by atoms with Crippen LogP contribution in [0.25, 0.3) is 0 Å². The van der Waals surface area contributed by atoms with Crippen molar-refractivity contribution in [2.75, 3.05) is 30.4 Å². The number of hydrogen-bond donors (Lipinski definition) is 2. The van der Waals surface area contributed by atoms with Crippen LogP contribution in [0.2, 0.25) is 5.02 Å². The van der Waals surface area contributed by atoms with E-state index in [4.69, 9.17) is 16.3 Å². The summed E-state index contributed by atoms with van der Waals surface area (Å²) >= 11 is 5.98. The van der Waals surface area contributed by atoms with E-state index in [9.17, 15) is 19.2 Å². The maximum absolute atomic E-state index is 13.5. The Kier molecular flexibility index (Phi) is 6.57. The van der Waals surface area contributed by atoms with Crippen LogP contribution in [0.15, 0.2) is 42.6 Å². The van der Waals surface area contributed by atoms with Gasteiger partial charge in [0, 0.05) is 16.9 Å². The fourth-order valence-corrected chi connectivity index (χ4v) is 4.28. The third-order valence-electron chi connectivity index (χ3n) is 5.56. The van der Waals surface area contributed by atoms with Crippen molar-refractivity contribution >= 4 is 46.9 Å². The number of anilines is 2. The number of ether oxygens (including phenoxy) is 1. The topological polar surface area (TPSA) is 121 Å². The van der Waals surface area contributed by atoms with Gasteiger partial charge < -0.3 is 10.1 Å². The number of urea groups is 1. The Labute approximate surface area is 194 Å². The lowest BCUT2D eigenvalue weighted by Gasteiger charge is -2.46. The van der Waals surface area contributed by atoms with Crippen LogP contribution in [0.4, 0.5) is 16.3 Å². The second-order valence-corrected chi connectivity index (χ2v) is 8.09. The van der Waals surface area contributed by atoms with Crippen LogP contribution >= 0.6 is 11.6 Å². The zero-order valence-corrected chi connectivity index (χ0v) is 18.5. The Hall–Kier alpha value is -3.50. The number of imide groups is 1. The number of benzene rings is 1. The van der Waals surface area contributed by atoms with Crippen LogP contribution in [0.5, 0.6) is 0 Å². The van der Waals surface area contributed by atoms with Crippen LogP contribution in [-0.2, 0) is 14.3 Å². The molecular formula is C22H22ClN5O5. The van der Waals surface area contributed by atoms with E-state index in [0.29, 0.717) is 23.7 Å². The van der Waals surface area contributed by atoms with Gasteiger partial charge in [-0.05, 0) is 49.7 Å². The molecule has 2 aliphatic rings. The lowest BCUT2D eigenvalue weighted by Crippen LogP contribution is -2.68. The van der Waals surface area contributed by atoms with Gasteiger partial charge in [-0.2, -0.15) is 0 Å². The zero-order valence-electron chi connectivity index (χ0n) is 17.8. The van der Waals surface area contributed by atoms with E-state index in [2.05, 4.69) is 15.6 Å². The molecule has 2 N–H and O–H groups in total. The molecule has 0 bridgehead atoms. The highest BCUT2D eigenvalue weighted by Crippen LogP contribution is 2.32. The highest BCUT2D eigenvalue weighted by Gasteiger charge is 2.49. The fourth-order valence-electron chi connectivity index (χ4n) is 4.09. The summed E-state index contributed by atoms with van der Waals surface area (Å²) in [6, 6.07) is 8.82. The summed E-state index contributed by atoms with van der Waals surface area (Å²) in [7, 11) is 1.20. The number of fused-ring (bicyclic) bond motifs is 1. The number of halogens is 1. The average molecular weight is 472 g/mol. The molecule has 11 heteroatoms. The number of piperidine rings is 1. The molecule has 2 fully saturated rings. The first-order valence-electron chi connectivity index (χ1n) is 10.4. The molecule has 3 heterocycles. The molecule has 1 aromatic heterocycles. The van der Waals surface area contributed by atoms with Crippen molar-refractivity contribution in [1.29, 1.82) is 0 Å². The number of esters is 1. The molecule has 4 amide bonds. The smallest absolute Gasteiger partial charge is 0.341 e. The van der Waals surface area contributed by atoms with E-state index < -0.39 is 35.9 Å². The summed E-state index contributed by atoms with van der Waals surface area (Å²) in [6.07, 6.45) is 1.98. The van der Waals surface area contributed by atoms with E-state index in [1.807, 2.05) is 0 Å². The van der Waals surface area contributed by atoms with Crippen LogP contribution in [0, 0.1) is 5.92 Å². The fraction of sp³-hybridized carbons (Fsp3) is 0.318. The predicted octanol–water partition coefficient (Wildman–Crippen LogP) is 2.25. The summed E-state index contributed by atoms with van der Waals surface area (Å²) in [6.45, 7) is 0.287. The minimum atomic E-state index is -0.749. The van der Waals surface area contributed by atoms with Crippen molar-refractivity contribution in [2.45, 2.75) is 19.0 Å². The SMILES string of the molecule is COC(=O)c1cccnc1N1C(=O)C2CCCNC2N(CC(=O)Nc2cccc(Cl)c2)C1=O. The first-order valence-corrected chi connectivity index (χ1v) is 10.7. The monoisotopic (exact) mass is 471 g/mol. The maximum Gasteiger partial charge on any atom is 0.341 e. The van der Waals surface area contributed by atoms with E-state index >= 15 is 0 Å². The average Bonchev–Trinajstić information content (AvgIpc) is 2.81. The number of carbonyl (C=O) groups excluding carboxylic acids is 4. The molecule has 4 rings (SSSR count). The van der Waals surface area contributed by atoms with Gasteiger partial charge in [0.25, 0.3) is 0 Å². The normalized spacial score (nSPS) is 20.3. The number of hydrogen-bond acceptors (Lipinski definition) is 7. The minimum Gasteiger partial charge on any atom is -0.465 e. The molecule has 172 valence electrons. The van der Waals surface area contributed by atoms with Crippen LogP contribution in [-0.4, -0.2) is 60.1 Å². The minimum absolute atomic E-state index is 0.0211. The maximum atomic E-state index is 13.5. The van der Waals surface area contributed by atoms with Gasteiger partial charge >= 0.3 is 12.0 Å². The summed E-state index contributed by atoms with van der Waals surface area (Å²) < 4.78 is 4.78. The van der Waals surface area contributed by atoms with Crippen LogP contribution in [0.1, 0.15) is 23.2 Å². The van der Waals surface area contributed by atoms with Crippen molar-refractivity contribution in [3.05, 3.63) is 53.2 Å². The van der Waals surface area contributed by atoms with Gasteiger partial charge in [-0.15, -0.1) is 0 Å². The Bertz CT molecular complexity index is 1110. The second kappa shape index (κ2) is 9.55. The molecule has 2 saturated heterocycles. The highest BCUT2D eigenvalue weighted by atomic mass is 35.5. The predicted molar refractivity (Wildman–Crippen MR) is 120 cm³/mol. The van der Waals surface area contributed by atoms with Gasteiger partial charge in [-0.1, -0.05) is 17.7 Å². The number of nitrogens with one attached hydrogen (secondary N) is 2. The van der Waals surface area contributed by atoms with E-state index in [-0.39, 0.29) is 17.9 Å². The number of carbonyl (C=O) groups is 4. The number of pyridine rings is 1. The highest BCUT2D eigenvalue weighted by molar-refractivity contribution is 6.30. The van der Waals surface area contributed by atoms with E-state index in [1.165, 1.54) is 30.3 Å². The van der Waals surface area contributed by atoms with Crippen molar-refractivity contribution in [3.63, 3.8) is 0 Å². The Balaban J connectivity index is 1.65. The molecule has 0 aliphatic carbocycles. The Morgan fingerprint density at radius 1 is 1.27 bits per heavy atom. The van der Waals surface area contributed by atoms with Gasteiger partial charge in [0.2, 0.25) is 11.8 Å². The molecule has 0 saturated carbocycles. The van der Waals surface area contributed by atoms with Crippen LogP contribution in [0.3, 0.4) is 0 Å². The molecule has 2 unspecified atom stereocenters. The first-order chi connectivity index (χ1) is 15.9. The number of aromatic nitrogens is 1. The molecule has 0 spiro atoms. The molecule has 1 aromatic carbocycles. The van der Waals surface area contributed by atoms with E-state index in [0.717, 1.165) is 11.3 Å². The number of nitrogens with zero attached hydrogens (tertiary/aromatic N) is 3. The molecular weight excluding hydrogens is 450 g/mol. The summed E-state index contributed by atoms with van der Waals surface area (Å²) in [5.41, 5.74) is 0.461. The van der Waals surface area contributed by atoms with Crippen molar-refractivity contribution in [3.8, 4) is 0 Å².